The van der Waals surface area contributed by atoms with Crippen LogP contribution >= 0.6 is 0 Å². The number of nitrogens with zero attached hydrogens (tertiary/aromatic N) is 2. The van der Waals surface area contributed by atoms with E-state index in [2.05, 4.69) is 9.97 Å². The first-order valence-corrected chi connectivity index (χ1v) is 4.43. The van der Waals surface area contributed by atoms with Gasteiger partial charge in [0, 0.05) is 6.42 Å². The molecule has 0 atom stereocenters. The van der Waals surface area contributed by atoms with E-state index in [0.29, 0.717) is 23.1 Å². The molecule has 3 nitrogen and oxygen atoms in total. The molecule has 0 fully saturated rings. The molecule has 0 aliphatic rings. The summed E-state index contributed by atoms with van der Waals surface area (Å²) >= 11 is 0. The van der Waals surface area contributed by atoms with Gasteiger partial charge in [0.1, 0.15) is 17.5 Å². The average molecular weight is 191 g/mol. The molecule has 0 aliphatic heterocycles. The Labute approximate surface area is 80.8 Å². The van der Waals surface area contributed by atoms with Gasteiger partial charge in [0.05, 0.1) is 10.9 Å². The molecule has 0 amide bonds. The van der Waals surface area contributed by atoms with Crippen molar-refractivity contribution in [3.8, 4) is 0 Å². The number of nitrogen functional groups attached to an aromatic ring is 1. The molecule has 0 unspecified atom stereocenters. The van der Waals surface area contributed by atoms with Crippen LogP contribution in [0.15, 0.2) is 18.2 Å². The zero-order valence-electron chi connectivity index (χ0n) is 7.79. The predicted octanol–water partition coefficient (Wildman–Crippen LogP) is 1.91. The van der Waals surface area contributed by atoms with Crippen LogP contribution in [0.3, 0.4) is 0 Å². The van der Waals surface area contributed by atoms with E-state index in [-0.39, 0.29) is 11.6 Å². The van der Waals surface area contributed by atoms with E-state index < -0.39 is 0 Å². The minimum Gasteiger partial charge on any atom is -0.383 e. The topological polar surface area (TPSA) is 51.8 Å². The Morgan fingerprint density at radius 1 is 1.36 bits per heavy atom. The lowest BCUT2D eigenvalue weighted by molar-refractivity contribution is 0.639. The number of benzene rings is 1. The quantitative estimate of drug-likeness (QED) is 0.749. The molecular formula is C10H10FN3. The average Bonchev–Trinajstić information content (AvgIpc) is 2.17. The van der Waals surface area contributed by atoms with Crippen molar-refractivity contribution in [1.82, 2.24) is 9.97 Å². The monoisotopic (exact) mass is 191 g/mol. The summed E-state index contributed by atoms with van der Waals surface area (Å²) in [4.78, 5) is 8.19. The fourth-order valence-corrected chi connectivity index (χ4v) is 1.38. The first-order valence-electron chi connectivity index (χ1n) is 4.43. The van der Waals surface area contributed by atoms with Gasteiger partial charge in [-0.15, -0.1) is 0 Å². The Morgan fingerprint density at radius 3 is 2.86 bits per heavy atom. The van der Waals surface area contributed by atoms with Crippen LogP contribution in [0.25, 0.3) is 10.9 Å². The second kappa shape index (κ2) is 3.21. The molecule has 0 bridgehead atoms. The van der Waals surface area contributed by atoms with Crippen molar-refractivity contribution in [3.05, 3.63) is 29.8 Å². The van der Waals surface area contributed by atoms with Gasteiger partial charge >= 0.3 is 0 Å². The number of nitrogens with two attached hydrogens (primary N) is 1. The number of rotatable bonds is 1. The van der Waals surface area contributed by atoms with Gasteiger partial charge in [-0.3, -0.25) is 0 Å². The molecule has 0 spiro atoms. The zero-order valence-corrected chi connectivity index (χ0v) is 7.79. The summed E-state index contributed by atoms with van der Waals surface area (Å²) in [6, 6.07) is 4.70. The summed E-state index contributed by atoms with van der Waals surface area (Å²) in [5.41, 5.74) is 6.21. The van der Waals surface area contributed by atoms with Crippen molar-refractivity contribution in [3.63, 3.8) is 0 Å². The van der Waals surface area contributed by atoms with E-state index in [4.69, 9.17) is 5.73 Å². The summed E-state index contributed by atoms with van der Waals surface area (Å²) in [6.07, 6.45) is 0.691. The maximum Gasteiger partial charge on any atom is 0.138 e. The van der Waals surface area contributed by atoms with Gasteiger partial charge < -0.3 is 5.73 Å². The largest absolute Gasteiger partial charge is 0.383 e. The SMILES string of the molecule is CCc1nc(N)c2c(F)cccc2n1. The highest BCUT2D eigenvalue weighted by Crippen LogP contribution is 2.20. The molecule has 14 heavy (non-hydrogen) atoms. The Balaban J connectivity index is 2.83. The molecule has 72 valence electrons. The minimum absolute atomic E-state index is 0.213. The van der Waals surface area contributed by atoms with Crippen molar-refractivity contribution in [1.29, 1.82) is 0 Å². The number of halogens is 1. The molecule has 1 aromatic heterocycles. The molecule has 1 heterocycles. The number of hydrogen-bond acceptors (Lipinski definition) is 3. The highest BCUT2D eigenvalue weighted by Gasteiger charge is 2.07. The van der Waals surface area contributed by atoms with Gasteiger partial charge in [0.25, 0.3) is 0 Å². The fourth-order valence-electron chi connectivity index (χ4n) is 1.38. The van der Waals surface area contributed by atoms with Crippen LogP contribution in [0.5, 0.6) is 0 Å². The molecule has 4 heteroatoms. The van der Waals surface area contributed by atoms with E-state index >= 15 is 0 Å². The summed E-state index contributed by atoms with van der Waals surface area (Å²) < 4.78 is 13.3. The molecule has 1 aromatic carbocycles. The van der Waals surface area contributed by atoms with Crippen LogP contribution < -0.4 is 5.73 Å². The van der Waals surface area contributed by atoms with Gasteiger partial charge in [-0.05, 0) is 12.1 Å². The van der Waals surface area contributed by atoms with Crippen LogP contribution in [0.2, 0.25) is 0 Å². The van der Waals surface area contributed by atoms with Gasteiger partial charge in [-0.2, -0.15) is 0 Å². The molecule has 2 aromatic rings. The molecule has 2 rings (SSSR count). The summed E-state index contributed by atoms with van der Waals surface area (Å²) in [6.45, 7) is 1.93. The second-order valence-electron chi connectivity index (χ2n) is 3.01. The normalized spacial score (nSPS) is 10.7. The lowest BCUT2D eigenvalue weighted by Crippen LogP contribution is -2.01. The Hall–Kier alpha value is -1.71. The van der Waals surface area contributed by atoms with E-state index in [1.165, 1.54) is 6.07 Å². The Morgan fingerprint density at radius 2 is 2.14 bits per heavy atom. The molecule has 0 radical (unpaired) electrons. The summed E-state index contributed by atoms with van der Waals surface area (Å²) in [7, 11) is 0. The van der Waals surface area contributed by atoms with Gasteiger partial charge in [0.2, 0.25) is 0 Å². The highest BCUT2D eigenvalue weighted by molar-refractivity contribution is 5.88. The number of aryl methyl sites for hydroxylation is 1. The third kappa shape index (κ3) is 1.28. The maximum absolute atomic E-state index is 13.3. The van der Waals surface area contributed by atoms with E-state index in [9.17, 15) is 4.39 Å². The summed E-state index contributed by atoms with van der Waals surface area (Å²) in [5, 5.41) is 0.310. The van der Waals surface area contributed by atoms with Crippen molar-refractivity contribution in [2.75, 3.05) is 5.73 Å². The lowest BCUT2D eigenvalue weighted by atomic mass is 10.2. The highest BCUT2D eigenvalue weighted by atomic mass is 19.1. The van der Waals surface area contributed by atoms with Crippen molar-refractivity contribution in [2.45, 2.75) is 13.3 Å². The van der Waals surface area contributed by atoms with Gasteiger partial charge in [-0.25, -0.2) is 14.4 Å². The molecule has 2 N–H and O–H groups in total. The first kappa shape index (κ1) is 8.87. The Kier molecular flexibility index (Phi) is 2.04. The van der Waals surface area contributed by atoms with Crippen LogP contribution in [0.4, 0.5) is 10.2 Å². The fraction of sp³-hybridized carbons (Fsp3) is 0.200. The third-order valence-electron chi connectivity index (χ3n) is 2.06. The number of fused-ring (bicyclic) bond motifs is 1. The van der Waals surface area contributed by atoms with E-state index in [1.807, 2.05) is 6.92 Å². The van der Waals surface area contributed by atoms with Gasteiger partial charge in [0.15, 0.2) is 0 Å². The maximum atomic E-state index is 13.3. The van der Waals surface area contributed by atoms with Crippen molar-refractivity contribution >= 4 is 16.7 Å². The lowest BCUT2D eigenvalue weighted by Gasteiger charge is -2.03. The zero-order chi connectivity index (χ0) is 10.1. The van der Waals surface area contributed by atoms with Gasteiger partial charge in [-0.1, -0.05) is 13.0 Å². The van der Waals surface area contributed by atoms with Crippen LogP contribution in [0, 0.1) is 5.82 Å². The standard InChI is InChI=1S/C10H10FN3/c1-2-8-13-7-5-3-4-6(11)9(7)10(12)14-8/h3-5H,2H2,1H3,(H2,12,13,14). The summed E-state index contributed by atoms with van der Waals surface area (Å²) in [5.74, 6) is 0.480. The Bertz CT molecular complexity index is 482. The first-order chi connectivity index (χ1) is 6.72. The third-order valence-corrected chi connectivity index (χ3v) is 2.06. The number of anilines is 1. The van der Waals surface area contributed by atoms with E-state index in [0.717, 1.165) is 0 Å². The number of hydrogen-bond donors (Lipinski definition) is 1. The van der Waals surface area contributed by atoms with Crippen LogP contribution in [-0.4, -0.2) is 9.97 Å². The van der Waals surface area contributed by atoms with Crippen molar-refractivity contribution < 1.29 is 4.39 Å². The van der Waals surface area contributed by atoms with E-state index in [1.54, 1.807) is 12.1 Å². The van der Waals surface area contributed by atoms with Crippen molar-refractivity contribution in [2.24, 2.45) is 0 Å². The predicted molar refractivity (Wildman–Crippen MR) is 53.3 cm³/mol. The number of aromatic nitrogens is 2. The molecule has 0 saturated heterocycles. The molecule has 0 saturated carbocycles. The molecular weight excluding hydrogens is 181 g/mol. The van der Waals surface area contributed by atoms with Crippen LogP contribution in [0.1, 0.15) is 12.7 Å². The second-order valence-corrected chi connectivity index (χ2v) is 3.01. The smallest absolute Gasteiger partial charge is 0.138 e. The minimum atomic E-state index is -0.373. The van der Waals surface area contributed by atoms with Crippen LogP contribution in [-0.2, 0) is 6.42 Å². The molecule has 0 aliphatic carbocycles.